The van der Waals surface area contributed by atoms with Crippen molar-refractivity contribution in [1.82, 2.24) is 9.80 Å². The van der Waals surface area contributed by atoms with Crippen molar-refractivity contribution in [1.29, 1.82) is 0 Å². The molecule has 3 aliphatic heterocycles. The van der Waals surface area contributed by atoms with Crippen LogP contribution in [0.3, 0.4) is 0 Å². The first-order valence-electron chi connectivity index (χ1n) is 8.81. The van der Waals surface area contributed by atoms with Gasteiger partial charge in [0, 0.05) is 31.8 Å². The van der Waals surface area contributed by atoms with Gasteiger partial charge in [-0.05, 0) is 24.8 Å². The molecule has 3 heterocycles. The highest BCUT2D eigenvalue weighted by molar-refractivity contribution is 5.82. The number of piperidine rings is 1. The fraction of sp³-hybridized carbons (Fsp3) is 0.526. The Morgan fingerprint density at radius 3 is 2.76 bits per heavy atom. The maximum Gasteiger partial charge on any atom is 0.412 e. The van der Waals surface area contributed by atoms with Crippen molar-refractivity contribution in [2.24, 2.45) is 11.8 Å². The third-order valence-electron chi connectivity index (χ3n) is 6.10. The highest BCUT2D eigenvalue weighted by Crippen LogP contribution is 2.53. The summed E-state index contributed by atoms with van der Waals surface area (Å²) in [7, 11) is 0. The summed E-state index contributed by atoms with van der Waals surface area (Å²) in [6, 6.07) is 9.75. The predicted octanol–water partition coefficient (Wildman–Crippen LogP) is 2.18. The van der Waals surface area contributed by atoms with Crippen molar-refractivity contribution in [3.8, 4) is 0 Å². The fourth-order valence-corrected chi connectivity index (χ4v) is 4.82. The average Bonchev–Trinajstić information content (AvgIpc) is 3.03. The summed E-state index contributed by atoms with van der Waals surface area (Å²) in [5.41, 5.74) is 0.510. The van der Waals surface area contributed by atoms with Gasteiger partial charge in [-0.15, -0.1) is 0 Å². The Kier molecular flexibility index (Phi) is 3.78. The minimum absolute atomic E-state index is 0.0176. The molecule has 132 valence electrons. The first-order valence-corrected chi connectivity index (χ1v) is 8.81. The van der Waals surface area contributed by atoms with E-state index in [-0.39, 0.29) is 23.8 Å². The summed E-state index contributed by atoms with van der Waals surface area (Å²) >= 11 is 0. The lowest BCUT2D eigenvalue weighted by Crippen LogP contribution is -2.61. The molecule has 0 bridgehead atoms. The van der Waals surface area contributed by atoms with Crippen LogP contribution in [-0.2, 0) is 20.9 Å². The van der Waals surface area contributed by atoms with E-state index in [1.807, 2.05) is 37.3 Å². The van der Waals surface area contributed by atoms with Gasteiger partial charge in [0.05, 0.1) is 0 Å². The zero-order valence-electron chi connectivity index (χ0n) is 14.3. The molecule has 6 heteroatoms. The van der Waals surface area contributed by atoms with Crippen LogP contribution in [-0.4, -0.2) is 46.4 Å². The first kappa shape index (κ1) is 16.1. The number of carbonyl (C=O) groups excluding carboxylic acids is 3. The van der Waals surface area contributed by atoms with Crippen LogP contribution >= 0.6 is 0 Å². The monoisotopic (exact) mass is 342 g/mol. The van der Waals surface area contributed by atoms with Crippen molar-refractivity contribution in [2.45, 2.75) is 44.5 Å². The van der Waals surface area contributed by atoms with Gasteiger partial charge < -0.3 is 14.4 Å². The van der Waals surface area contributed by atoms with Crippen molar-refractivity contribution in [3.63, 3.8) is 0 Å². The van der Waals surface area contributed by atoms with Crippen molar-refractivity contribution in [2.75, 3.05) is 6.54 Å². The van der Waals surface area contributed by atoms with E-state index in [0.29, 0.717) is 32.4 Å². The number of amides is 2. The summed E-state index contributed by atoms with van der Waals surface area (Å²) in [6.45, 7) is 3.03. The molecule has 25 heavy (non-hydrogen) atoms. The Morgan fingerprint density at radius 1 is 1.28 bits per heavy atom. The molecule has 0 saturated carbocycles. The Labute approximate surface area is 146 Å². The van der Waals surface area contributed by atoms with Gasteiger partial charge in [0.2, 0.25) is 12.1 Å². The molecule has 2 amide bonds. The summed E-state index contributed by atoms with van der Waals surface area (Å²) in [5, 5.41) is 0. The number of nitrogens with zero attached hydrogens (tertiary/aromatic N) is 2. The average molecular weight is 342 g/mol. The lowest BCUT2D eigenvalue weighted by molar-refractivity contribution is -0.158. The van der Waals surface area contributed by atoms with Gasteiger partial charge in [-0.25, -0.2) is 4.79 Å². The zero-order chi connectivity index (χ0) is 17.6. The number of hydrogen-bond acceptors (Lipinski definition) is 4. The van der Waals surface area contributed by atoms with Crippen molar-refractivity contribution < 1.29 is 19.1 Å². The molecule has 6 nitrogen and oxygen atoms in total. The zero-order valence-corrected chi connectivity index (χ0v) is 14.3. The molecule has 1 aromatic carbocycles. The van der Waals surface area contributed by atoms with E-state index < -0.39 is 11.8 Å². The molecule has 3 aliphatic rings. The molecule has 0 radical (unpaired) electrons. The van der Waals surface area contributed by atoms with Crippen LogP contribution < -0.4 is 0 Å². The normalized spacial score (nSPS) is 33.4. The van der Waals surface area contributed by atoms with Gasteiger partial charge in [-0.2, -0.15) is 0 Å². The highest BCUT2D eigenvalue weighted by Gasteiger charge is 2.67. The van der Waals surface area contributed by atoms with E-state index in [1.54, 1.807) is 9.80 Å². The summed E-state index contributed by atoms with van der Waals surface area (Å²) in [4.78, 5) is 39.5. The van der Waals surface area contributed by atoms with Crippen molar-refractivity contribution >= 4 is 18.3 Å². The lowest BCUT2D eigenvalue weighted by atomic mass is 9.73. The maximum atomic E-state index is 12.8. The second kappa shape index (κ2) is 5.86. The third-order valence-corrected chi connectivity index (χ3v) is 6.10. The second-order valence-corrected chi connectivity index (χ2v) is 7.39. The van der Waals surface area contributed by atoms with Gasteiger partial charge in [-0.1, -0.05) is 30.3 Å². The minimum Gasteiger partial charge on any atom is -0.423 e. The fourth-order valence-electron chi connectivity index (χ4n) is 4.82. The van der Waals surface area contributed by atoms with E-state index in [9.17, 15) is 14.4 Å². The SMILES string of the molecule is C[C@]12C3OC(=O)N1C[C@@H](CCC=O)[C@H]2CC(=O)N3Cc1ccccc1. The smallest absolute Gasteiger partial charge is 0.412 e. The van der Waals surface area contributed by atoms with Gasteiger partial charge in [0.1, 0.15) is 11.8 Å². The Morgan fingerprint density at radius 2 is 2.04 bits per heavy atom. The Bertz CT molecular complexity index is 707. The number of carbonyl (C=O) groups is 3. The standard InChI is InChI=1S/C19H22N2O4/c1-19-15-10-16(23)20(11-13-6-3-2-4-7-13)17(19)25-18(24)21(19)12-14(15)8-5-9-22/h2-4,6-7,9,14-15,17H,5,8,10-12H2,1H3/t14-,15-,17?,19+/m1/s1. The van der Waals surface area contributed by atoms with Gasteiger partial charge in [0.15, 0.2) is 0 Å². The van der Waals surface area contributed by atoms with Crippen LogP contribution in [0.5, 0.6) is 0 Å². The first-order chi connectivity index (χ1) is 12.1. The summed E-state index contributed by atoms with van der Waals surface area (Å²) in [5.74, 6) is 0.237. The molecule has 0 aromatic heterocycles. The largest absolute Gasteiger partial charge is 0.423 e. The molecule has 1 aromatic rings. The van der Waals surface area contributed by atoms with Gasteiger partial charge >= 0.3 is 6.09 Å². The van der Waals surface area contributed by atoms with Crippen LogP contribution in [0.15, 0.2) is 30.3 Å². The Hall–Kier alpha value is -2.37. The topological polar surface area (TPSA) is 66.9 Å². The Balaban J connectivity index is 1.64. The lowest BCUT2D eigenvalue weighted by Gasteiger charge is -2.46. The highest BCUT2D eigenvalue weighted by atomic mass is 16.6. The number of rotatable bonds is 5. The quantitative estimate of drug-likeness (QED) is 0.769. The molecule has 1 unspecified atom stereocenters. The number of benzene rings is 1. The van der Waals surface area contributed by atoms with Gasteiger partial charge in [-0.3, -0.25) is 9.69 Å². The van der Waals surface area contributed by atoms with Crippen LogP contribution in [0, 0.1) is 11.8 Å². The molecule has 4 atom stereocenters. The van der Waals surface area contributed by atoms with E-state index in [0.717, 1.165) is 11.8 Å². The summed E-state index contributed by atoms with van der Waals surface area (Å²) < 4.78 is 5.63. The molecule has 4 rings (SSSR count). The molecular weight excluding hydrogens is 320 g/mol. The molecule has 3 fully saturated rings. The minimum atomic E-state index is -0.562. The number of hydrogen-bond donors (Lipinski definition) is 0. The van der Waals surface area contributed by atoms with Crippen LogP contribution in [0.25, 0.3) is 0 Å². The number of likely N-dealkylation sites (tertiary alicyclic amines) is 1. The maximum absolute atomic E-state index is 12.8. The number of ether oxygens (including phenoxy) is 1. The van der Waals surface area contributed by atoms with Crippen molar-refractivity contribution in [3.05, 3.63) is 35.9 Å². The van der Waals surface area contributed by atoms with Crippen LogP contribution in [0.2, 0.25) is 0 Å². The van der Waals surface area contributed by atoms with E-state index in [2.05, 4.69) is 0 Å². The molecular formula is C19H22N2O4. The van der Waals surface area contributed by atoms with E-state index in [4.69, 9.17) is 4.74 Å². The van der Waals surface area contributed by atoms with Crippen LogP contribution in [0.1, 0.15) is 31.7 Å². The molecule has 3 saturated heterocycles. The summed E-state index contributed by atoms with van der Waals surface area (Å²) in [6.07, 6.45) is 1.58. The predicted molar refractivity (Wildman–Crippen MR) is 89.3 cm³/mol. The molecule has 0 N–H and O–H groups in total. The van der Waals surface area contributed by atoms with Gasteiger partial charge in [0.25, 0.3) is 0 Å². The number of aldehydes is 1. The third kappa shape index (κ3) is 2.34. The second-order valence-electron chi connectivity index (χ2n) is 7.39. The van der Waals surface area contributed by atoms with Crippen LogP contribution in [0.4, 0.5) is 4.79 Å². The molecule has 0 spiro atoms. The molecule has 0 aliphatic carbocycles. The van der Waals surface area contributed by atoms with E-state index >= 15 is 0 Å². The van der Waals surface area contributed by atoms with E-state index in [1.165, 1.54) is 0 Å².